The number of anilines is 1. The van der Waals surface area contributed by atoms with Crippen LogP contribution in [0.25, 0.3) is 16.0 Å². The molecule has 3 heterocycles. The van der Waals surface area contributed by atoms with Crippen LogP contribution in [0.4, 0.5) is 5.13 Å². The average Bonchev–Trinajstić information content (AvgIpc) is 3.48. The molecular weight excluding hydrogens is 516 g/mol. The molecule has 0 saturated carbocycles. The number of hydrogen-bond acceptors (Lipinski definition) is 8. The van der Waals surface area contributed by atoms with Crippen molar-refractivity contribution in [1.82, 2.24) is 4.98 Å². The number of thiazole rings is 1. The number of ether oxygens (including phenoxy) is 3. The minimum absolute atomic E-state index is 0.0191. The second-order valence-corrected chi connectivity index (χ2v) is 10.4. The maximum atomic E-state index is 13.5. The van der Waals surface area contributed by atoms with Gasteiger partial charge in [-0.25, -0.2) is 4.98 Å². The monoisotopic (exact) mass is 542 g/mol. The van der Waals surface area contributed by atoms with Gasteiger partial charge < -0.3 is 19.3 Å². The Bertz CT molecular complexity index is 1620. The molecule has 1 atom stereocenters. The zero-order chi connectivity index (χ0) is 27.1. The Labute approximate surface area is 229 Å². The SMILES string of the molecule is CCCOc1ccc([C@@H]2C(=C(O)c3ccc4c(c3)OCCO4)C(=O)C(=O)N2c2nc3ccc(C)cc3s2)cc1. The number of benzene rings is 3. The predicted molar refractivity (Wildman–Crippen MR) is 149 cm³/mol. The van der Waals surface area contributed by atoms with Gasteiger partial charge in [-0.05, 0) is 66.9 Å². The maximum Gasteiger partial charge on any atom is 0.301 e. The summed E-state index contributed by atoms with van der Waals surface area (Å²) in [5, 5.41) is 11.9. The molecule has 0 spiro atoms. The van der Waals surface area contributed by atoms with Crippen molar-refractivity contribution in [3.63, 3.8) is 0 Å². The number of rotatable bonds is 6. The highest BCUT2D eigenvalue weighted by Crippen LogP contribution is 2.45. The van der Waals surface area contributed by atoms with E-state index in [-0.39, 0.29) is 11.3 Å². The summed E-state index contributed by atoms with van der Waals surface area (Å²) in [7, 11) is 0. The molecule has 1 aromatic heterocycles. The maximum absolute atomic E-state index is 13.5. The first kappa shape index (κ1) is 24.9. The first-order valence-electron chi connectivity index (χ1n) is 12.8. The van der Waals surface area contributed by atoms with E-state index in [9.17, 15) is 14.7 Å². The van der Waals surface area contributed by atoms with Crippen molar-refractivity contribution in [3.8, 4) is 17.2 Å². The number of aryl methyl sites for hydroxylation is 1. The number of amides is 1. The number of Topliss-reactive ketones (excluding diaryl/α,β-unsaturated/α-hetero) is 1. The van der Waals surface area contributed by atoms with Gasteiger partial charge in [0.1, 0.15) is 24.7 Å². The van der Waals surface area contributed by atoms with E-state index in [4.69, 9.17) is 14.2 Å². The quantitative estimate of drug-likeness (QED) is 0.187. The molecule has 1 fully saturated rings. The van der Waals surface area contributed by atoms with Crippen molar-refractivity contribution in [2.24, 2.45) is 0 Å². The number of nitrogens with zero attached hydrogens (tertiary/aromatic N) is 2. The zero-order valence-corrected chi connectivity index (χ0v) is 22.3. The summed E-state index contributed by atoms with van der Waals surface area (Å²) in [6.45, 7) is 5.40. The number of carbonyl (C=O) groups is 2. The summed E-state index contributed by atoms with van der Waals surface area (Å²) in [5.74, 6) is -0.117. The van der Waals surface area contributed by atoms with Gasteiger partial charge in [-0.1, -0.05) is 36.5 Å². The van der Waals surface area contributed by atoms with Gasteiger partial charge in [0.15, 0.2) is 16.6 Å². The molecule has 0 aliphatic carbocycles. The molecule has 4 aromatic rings. The van der Waals surface area contributed by atoms with Crippen LogP contribution in [-0.4, -0.2) is 41.6 Å². The van der Waals surface area contributed by atoms with E-state index >= 15 is 0 Å². The normalized spacial score (nSPS) is 18.1. The summed E-state index contributed by atoms with van der Waals surface area (Å²) in [4.78, 5) is 33.2. The second-order valence-electron chi connectivity index (χ2n) is 9.41. The third-order valence-corrected chi connectivity index (χ3v) is 7.68. The fourth-order valence-corrected chi connectivity index (χ4v) is 5.87. The molecule has 0 unspecified atom stereocenters. The number of hydrogen-bond donors (Lipinski definition) is 1. The largest absolute Gasteiger partial charge is 0.507 e. The van der Waals surface area contributed by atoms with E-state index < -0.39 is 17.7 Å². The molecule has 1 amide bonds. The molecule has 2 aliphatic heterocycles. The summed E-state index contributed by atoms with van der Waals surface area (Å²) < 4.78 is 17.9. The average molecular weight is 543 g/mol. The molecule has 0 bridgehead atoms. The number of fused-ring (bicyclic) bond motifs is 2. The van der Waals surface area contributed by atoms with Crippen LogP contribution in [0.5, 0.6) is 17.2 Å². The smallest absolute Gasteiger partial charge is 0.301 e. The standard InChI is InChI=1S/C30H26N2O6S/c1-3-12-36-20-8-5-18(6-9-20)26-25(27(33)19-7-11-22-23(16-19)38-14-13-37-22)28(34)29(35)32(26)30-31-21-10-4-17(2)15-24(21)39-30/h4-11,15-16,26,33H,3,12-14H2,1-2H3/t26-/m1/s1. The molecule has 2 aliphatic rings. The Morgan fingerprint density at radius 1 is 1.05 bits per heavy atom. The molecule has 198 valence electrons. The third-order valence-electron chi connectivity index (χ3n) is 6.67. The van der Waals surface area contributed by atoms with Crippen molar-refractivity contribution in [2.75, 3.05) is 24.7 Å². The molecule has 1 N–H and O–H groups in total. The summed E-state index contributed by atoms with van der Waals surface area (Å²) in [5.41, 5.74) is 2.78. The number of ketones is 1. The lowest BCUT2D eigenvalue weighted by Gasteiger charge is -2.23. The first-order chi connectivity index (χ1) is 18.9. The van der Waals surface area contributed by atoms with Gasteiger partial charge in [0.2, 0.25) is 0 Å². The van der Waals surface area contributed by atoms with Gasteiger partial charge in [-0.2, -0.15) is 0 Å². The van der Waals surface area contributed by atoms with Crippen molar-refractivity contribution < 1.29 is 28.9 Å². The summed E-state index contributed by atoms with van der Waals surface area (Å²) in [6.07, 6.45) is 0.870. The van der Waals surface area contributed by atoms with Gasteiger partial charge in [-0.15, -0.1) is 0 Å². The molecular formula is C30H26N2O6S. The van der Waals surface area contributed by atoms with E-state index in [1.54, 1.807) is 30.3 Å². The van der Waals surface area contributed by atoms with E-state index in [0.717, 1.165) is 22.2 Å². The van der Waals surface area contributed by atoms with Crippen LogP contribution in [0, 0.1) is 6.92 Å². The van der Waals surface area contributed by atoms with Crippen LogP contribution in [0.15, 0.2) is 66.2 Å². The van der Waals surface area contributed by atoms with Crippen LogP contribution in [0.3, 0.4) is 0 Å². The fourth-order valence-electron chi connectivity index (χ4n) is 4.78. The van der Waals surface area contributed by atoms with Crippen molar-refractivity contribution in [1.29, 1.82) is 0 Å². The second kappa shape index (κ2) is 10.1. The molecule has 9 heteroatoms. The van der Waals surface area contributed by atoms with Crippen molar-refractivity contribution in [3.05, 3.63) is 82.9 Å². The van der Waals surface area contributed by atoms with Crippen molar-refractivity contribution >= 4 is 44.1 Å². The van der Waals surface area contributed by atoms with Gasteiger partial charge in [0, 0.05) is 5.56 Å². The highest BCUT2D eigenvalue weighted by atomic mass is 32.1. The number of carbonyl (C=O) groups excluding carboxylic acids is 2. The molecule has 39 heavy (non-hydrogen) atoms. The first-order valence-corrected chi connectivity index (χ1v) is 13.6. The highest BCUT2D eigenvalue weighted by Gasteiger charge is 2.48. The molecule has 6 rings (SSSR count). The van der Waals surface area contributed by atoms with Gasteiger partial charge in [0.25, 0.3) is 5.78 Å². The van der Waals surface area contributed by atoms with Crippen molar-refractivity contribution in [2.45, 2.75) is 26.3 Å². The van der Waals surface area contributed by atoms with Crippen LogP contribution in [-0.2, 0) is 9.59 Å². The minimum Gasteiger partial charge on any atom is -0.507 e. The molecule has 0 radical (unpaired) electrons. The topological polar surface area (TPSA) is 98.2 Å². The lowest BCUT2D eigenvalue weighted by molar-refractivity contribution is -0.132. The van der Waals surface area contributed by atoms with E-state index in [1.807, 2.05) is 44.2 Å². The van der Waals surface area contributed by atoms with E-state index in [1.165, 1.54) is 16.2 Å². The lowest BCUT2D eigenvalue weighted by Crippen LogP contribution is -2.29. The molecule has 3 aromatic carbocycles. The Morgan fingerprint density at radius 3 is 2.59 bits per heavy atom. The van der Waals surface area contributed by atoms with Gasteiger partial charge in [-0.3, -0.25) is 14.5 Å². The van der Waals surface area contributed by atoms with Gasteiger partial charge in [0.05, 0.1) is 28.4 Å². The number of aliphatic hydroxyl groups excluding tert-OH is 1. The Balaban J connectivity index is 1.50. The van der Waals surface area contributed by atoms with Crippen LogP contribution >= 0.6 is 11.3 Å². The number of aromatic nitrogens is 1. The third kappa shape index (κ3) is 4.48. The Kier molecular flexibility index (Phi) is 6.44. The fraction of sp³-hybridized carbons (Fsp3) is 0.233. The Hall–Kier alpha value is -4.37. The number of aliphatic hydroxyl groups is 1. The van der Waals surface area contributed by atoms with Crippen LogP contribution in [0.2, 0.25) is 0 Å². The predicted octanol–water partition coefficient (Wildman–Crippen LogP) is 5.79. The minimum atomic E-state index is -0.889. The van der Waals surface area contributed by atoms with E-state index in [0.29, 0.717) is 53.3 Å². The van der Waals surface area contributed by atoms with Crippen LogP contribution < -0.4 is 19.1 Å². The van der Waals surface area contributed by atoms with Crippen LogP contribution in [0.1, 0.15) is 36.1 Å². The molecule has 1 saturated heterocycles. The summed E-state index contributed by atoms with van der Waals surface area (Å²) in [6, 6.07) is 17.1. The van der Waals surface area contributed by atoms with E-state index in [2.05, 4.69) is 4.98 Å². The van der Waals surface area contributed by atoms with Gasteiger partial charge >= 0.3 is 5.91 Å². The summed E-state index contributed by atoms with van der Waals surface area (Å²) >= 11 is 1.33. The highest BCUT2D eigenvalue weighted by molar-refractivity contribution is 7.22. The Morgan fingerprint density at radius 2 is 1.82 bits per heavy atom. The molecule has 8 nitrogen and oxygen atoms in total. The zero-order valence-electron chi connectivity index (χ0n) is 21.5. The lowest BCUT2D eigenvalue weighted by atomic mass is 9.95.